The third-order valence-electron chi connectivity index (χ3n) is 4.19. The van der Waals surface area contributed by atoms with Crippen molar-refractivity contribution in [2.45, 2.75) is 32.7 Å². The monoisotopic (exact) mass is 349 g/mol. The van der Waals surface area contributed by atoms with E-state index in [4.69, 9.17) is 0 Å². The van der Waals surface area contributed by atoms with Crippen LogP contribution in [-0.4, -0.2) is 14.7 Å². The summed E-state index contributed by atoms with van der Waals surface area (Å²) < 4.78 is 1.51. The summed E-state index contributed by atoms with van der Waals surface area (Å²) in [5.41, 5.74) is 2.79. The van der Waals surface area contributed by atoms with Gasteiger partial charge in [-0.1, -0.05) is 63.2 Å². The van der Waals surface area contributed by atoms with Gasteiger partial charge in [0.25, 0.3) is 5.56 Å². The topological polar surface area (TPSA) is 67.2 Å². The van der Waals surface area contributed by atoms with Gasteiger partial charge in [0, 0.05) is 5.69 Å². The maximum absolute atomic E-state index is 12.4. The van der Waals surface area contributed by atoms with Crippen LogP contribution in [0.15, 0.2) is 65.5 Å². The van der Waals surface area contributed by atoms with Gasteiger partial charge in [-0.2, -0.15) is 4.98 Å². The summed E-state index contributed by atoms with van der Waals surface area (Å²) >= 11 is 0. The largest absolute Gasteiger partial charge is 0.493 e. The number of benzene rings is 2. The number of aromatic nitrogens is 2. The zero-order chi connectivity index (χ0) is 18.7. The van der Waals surface area contributed by atoms with Crippen molar-refractivity contribution in [2.24, 2.45) is 0 Å². The molecule has 0 aliphatic heterocycles. The summed E-state index contributed by atoms with van der Waals surface area (Å²) in [7, 11) is 0. The molecule has 3 aromatic rings. The Morgan fingerprint density at radius 3 is 2.31 bits per heavy atom. The first-order valence-electron chi connectivity index (χ1n) is 8.55. The molecule has 3 rings (SSSR count). The molecule has 0 unspecified atom stereocenters. The summed E-state index contributed by atoms with van der Waals surface area (Å²) in [6, 6.07) is 18.8. The van der Waals surface area contributed by atoms with Gasteiger partial charge in [-0.25, -0.2) is 0 Å². The second-order valence-corrected chi connectivity index (χ2v) is 7.30. The first-order valence-corrected chi connectivity index (χ1v) is 8.55. The maximum atomic E-state index is 12.4. The van der Waals surface area contributed by atoms with Crippen molar-refractivity contribution in [3.05, 3.63) is 82.1 Å². The van der Waals surface area contributed by atoms with Crippen LogP contribution in [0, 0.1) is 0 Å². The van der Waals surface area contributed by atoms with Crippen LogP contribution in [0.2, 0.25) is 0 Å². The Labute approximate surface area is 153 Å². The molecule has 2 N–H and O–H groups in total. The quantitative estimate of drug-likeness (QED) is 0.746. The Bertz CT molecular complexity index is 940. The van der Waals surface area contributed by atoms with Crippen molar-refractivity contribution < 1.29 is 5.11 Å². The molecule has 0 aliphatic carbocycles. The molecule has 26 heavy (non-hydrogen) atoms. The van der Waals surface area contributed by atoms with Crippen LogP contribution in [-0.2, 0) is 12.0 Å². The van der Waals surface area contributed by atoms with Gasteiger partial charge >= 0.3 is 0 Å². The number of nitrogens with zero attached hydrogens (tertiary/aromatic N) is 2. The lowest BCUT2D eigenvalue weighted by molar-refractivity contribution is 0.448. The first kappa shape index (κ1) is 17.7. The van der Waals surface area contributed by atoms with Crippen LogP contribution in [0.25, 0.3) is 0 Å². The Morgan fingerprint density at radius 1 is 1.04 bits per heavy atom. The maximum Gasteiger partial charge on any atom is 0.259 e. The molecular formula is C21H23N3O2. The van der Waals surface area contributed by atoms with Gasteiger partial charge in [-0.05, 0) is 28.7 Å². The highest BCUT2D eigenvalue weighted by molar-refractivity contribution is 5.53. The van der Waals surface area contributed by atoms with Crippen LogP contribution in [0.4, 0.5) is 11.6 Å². The van der Waals surface area contributed by atoms with E-state index in [1.54, 1.807) is 0 Å². The second kappa shape index (κ2) is 7.04. The van der Waals surface area contributed by atoms with Crippen LogP contribution >= 0.6 is 0 Å². The molecule has 0 amide bonds. The lowest BCUT2D eigenvalue weighted by Gasteiger charge is -2.19. The average molecular weight is 349 g/mol. The predicted molar refractivity (Wildman–Crippen MR) is 104 cm³/mol. The van der Waals surface area contributed by atoms with E-state index in [0.29, 0.717) is 12.5 Å². The zero-order valence-electron chi connectivity index (χ0n) is 15.2. The molecule has 0 radical (unpaired) electrons. The van der Waals surface area contributed by atoms with Crippen LogP contribution < -0.4 is 10.9 Å². The molecule has 134 valence electrons. The van der Waals surface area contributed by atoms with Crippen molar-refractivity contribution >= 4 is 11.6 Å². The van der Waals surface area contributed by atoms with Gasteiger partial charge in [-0.3, -0.25) is 9.36 Å². The Balaban J connectivity index is 1.93. The number of hydrogen-bond donors (Lipinski definition) is 2. The van der Waals surface area contributed by atoms with E-state index in [2.05, 4.69) is 43.2 Å². The van der Waals surface area contributed by atoms with Crippen molar-refractivity contribution in [3.8, 4) is 5.88 Å². The van der Waals surface area contributed by atoms with E-state index in [1.807, 2.05) is 42.5 Å². The lowest BCUT2D eigenvalue weighted by Crippen LogP contribution is -2.23. The zero-order valence-corrected chi connectivity index (χ0v) is 15.2. The third-order valence-corrected chi connectivity index (χ3v) is 4.19. The summed E-state index contributed by atoms with van der Waals surface area (Å²) in [6.45, 7) is 6.86. The third kappa shape index (κ3) is 4.11. The van der Waals surface area contributed by atoms with Gasteiger partial charge in [0.1, 0.15) is 0 Å². The second-order valence-electron chi connectivity index (χ2n) is 7.30. The highest BCUT2D eigenvalue weighted by atomic mass is 16.3. The summed E-state index contributed by atoms with van der Waals surface area (Å²) in [5.74, 6) is 0.00820. The van der Waals surface area contributed by atoms with E-state index in [0.717, 1.165) is 17.3 Å². The molecular weight excluding hydrogens is 326 g/mol. The Hall–Kier alpha value is -3.08. The molecule has 0 spiro atoms. The van der Waals surface area contributed by atoms with Crippen molar-refractivity contribution in [3.63, 3.8) is 0 Å². The van der Waals surface area contributed by atoms with E-state index in [1.165, 1.54) is 10.1 Å². The van der Waals surface area contributed by atoms with Crippen LogP contribution in [0.3, 0.4) is 0 Å². The van der Waals surface area contributed by atoms with Crippen LogP contribution in [0.1, 0.15) is 31.9 Å². The number of hydrogen-bond acceptors (Lipinski definition) is 4. The Morgan fingerprint density at radius 2 is 1.69 bits per heavy atom. The minimum absolute atomic E-state index is 0.0789. The normalized spacial score (nSPS) is 11.3. The van der Waals surface area contributed by atoms with E-state index < -0.39 is 0 Å². The highest BCUT2D eigenvalue weighted by Crippen LogP contribution is 2.23. The van der Waals surface area contributed by atoms with E-state index in [-0.39, 0.29) is 16.9 Å². The highest BCUT2D eigenvalue weighted by Gasteiger charge is 2.14. The van der Waals surface area contributed by atoms with Crippen molar-refractivity contribution in [2.75, 3.05) is 5.32 Å². The van der Waals surface area contributed by atoms with Crippen molar-refractivity contribution in [1.82, 2.24) is 9.55 Å². The van der Waals surface area contributed by atoms with Crippen LogP contribution in [0.5, 0.6) is 5.88 Å². The molecule has 5 heteroatoms. The van der Waals surface area contributed by atoms with Gasteiger partial charge in [-0.15, -0.1) is 0 Å². The van der Waals surface area contributed by atoms with Gasteiger partial charge < -0.3 is 10.4 Å². The molecule has 0 atom stereocenters. The molecule has 0 bridgehead atoms. The molecule has 0 saturated heterocycles. The molecule has 2 aromatic carbocycles. The van der Waals surface area contributed by atoms with Gasteiger partial charge in [0.05, 0.1) is 12.6 Å². The molecule has 0 fully saturated rings. The standard InChI is InChI=1S/C21H23N3O2/c1-21(2,3)16-11-9-15(10-12-16)14-24-19(26)13-18(25)23-20(24)22-17-7-5-4-6-8-17/h4-13,25H,14H2,1-3H3,(H,22,23). The SMILES string of the molecule is CC(C)(C)c1ccc(Cn2c(Nc3ccccc3)nc(O)cc2=O)cc1. The summed E-state index contributed by atoms with van der Waals surface area (Å²) in [4.78, 5) is 16.5. The average Bonchev–Trinajstić information content (AvgIpc) is 2.58. The van der Waals surface area contributed by atoms with Crippen molar-refractivity contribution in [1.29, 1.82) is 0 Å². The summed E-state index contributed by atoms with van der Waals surface area (Å²) in [5, 5.41) is 12.8. The molecule has 0 aliphatic rings. The van der Waals surface area contributed by atoms with E-state index >= 15 is 0 Å². The molecule has 5 nitrogen and oxygen atoms in total. The lowest BCUT2D eigenvalue weighted by atomic mass is 9.87. The fourth-order valence-corrected chi connectivity index (χ4v) is 2.69. The fraction of sp³-hybridized carbons (Fsp3) is 0.238. The summed E-state index contributed by atoms with van der Waals surface area (Å²) in [6.07, 6.45) is 0. The number of anilines is 2. The molecule has 1 aromatic heterocycles. The van der Waals surface area contributed by atoms with E-state index in [9.17, 15) is 9.90 Å². The van der Waals surface area contributed by atoms with Gasteiger partial charge in [0.2, 0.25) is 11.8 Å². The van der Waals surface area contributed by atoms with Gasteiger partial charge in [0.15, 0.2) is 0 Å². The number of rotatable bonds is 4. The minimum atomic E-state index is -0.309. The fourth-order valence-electron chi connectivity index (χ4n) is 2.69. The minimum Gasteiger partial charge on any atom is -0.493 e. The predicted octanol–water partition coefficient (Wildman–Crippen LogP) is 4.04. The smallest absolute Gasteiger partial charge is 0.259 e. The molecule has 1 heterocycles. The molecule has 0 saturated carbocycles. The number of para-hydroxylation sites is 1. The first-order chi connectivity index (χ1) is 12.3. The Kier molecular flexibility index (Phi) is 4.80. The number of nitrogens with one attached hydrogen (secondary N) is 1. The number of aromatic hydroxyl groups is 1.